The van der Waals surface area contributed by atoms with Crippen LogP contribution >= 0.6 is 0 Å². The minimum atomic E-state index is 0.109. The lowest BCUT2D eigenvalue weighted by molar-refractivity contribution is 0.0786. The zero-order chi connectivity index (χ0) is 13.9. The van der Waals surface area contributed by atoms with Crippen molar-refractivity contribution >= 4 is 5.91 Å². The summed E-state index contributed by atoms with van der Waals surface area (Å²) in [5, 5.41) is 0. The lowest BCUT2D eigenvalue weighted by Gasteiger charge is -2.16. The Balaban J connectivity index is 1.77. The molecule has 1 saturated heterocycles. The maximum Gasteiger partial charge on any atom is 0.253 e. The van der Waals surface area contributed by atoms with Crippen molar-refractivity contribution in [2.24, 2.45) is 5.92 Å². The SMILES string of the molecule is CC1CN(C(=O)c2ccncc2)CC1c1ccccc1. The Morgan fingerprint density at radius 2 is 1.80 bits per heavy atom. The van der Waals surface area contributed by atoms with Crippen molar-refractivity contribution in [3.05, 3.63) is 66.0 Å². The smallest absolute Gasteiger partial charge is 0.253 e. The molecule has 3 heteroatoms. The fourth-order valence-corrected chi connectivity index (χ4v) is 2.94. The molecule has 2 atom stereocenters. The number of carbonyl (C=O) groups is 1. The average molecular weight is 266 g/mol. The van der Waals surface area contributed by atoms with E-state index in [2.05, 4.69) is 36.2 Å². The number of nitrogens with zero attached hydrogens (tertiary/aromatic N) is 2. The van der Waals surface area contributed by atoms with Gasteiger partial charge in [-0.3, -0.25) is 9.78 Å². The van der Waals surface area contributed by atoms with Crippen LogP contribution < -0.4 is 0 Å². The normalized spacial score (nSPS) is 21.9. The van der Waals surface area contributed by atoms with Crippen LogP contribution in [0.3, 0.4) is 0 Å². The Hall–Kier alpha value is -2.16. The zero-order valence-electron chi connectivity index (χ0n) is 11.6. The predicted molar refractivity (Wildman–Crippen MR) is 78.5 cm³/mol. The number of hydrogen-bond donors (Lipinski definition) is 0. The molecule has 0 N–H and O–H groups in total. The van der Waals surface area contributed by atoms with Crippen LogP contribution in [-0.2, 0) is 0 Å². The summed E-state index contributed by atoms with van der Waals surface area (Å²) >= 11 is 0. The van der Waals surface area contributed by atoms with Gasteiger partial charge in [0.15, 0.2) is 0 Å². The van der Waals surface area contributed by atoms with Crippen molar-refractivity contribution in [3.63, 3.8) is 0 Å². The molecule has 1 aromatic carbocycles. The van der Waals surface area contributed by atoms with Gasteiger partial charge in [0.2, 0.25) is 0 Å². The van der Waals surface area contributed by atoms with Crippen molar-refractivity contribution in [2.75, 3.05) is 13.1 Å². The molecule has 1 aliphatic rings. The highest BCUT2D eigenvalue weighted by Gasteiger charge is 2.33. The first-order chi connectivity index (χ1) is 9.75. The standard InChI is InChI=1S/C17H18N2O/c1-13-11-19(17(20)15-7-9-18-10-8-15)12-16(13)14-5-3-2-4-6-14/h2-10,13,16H,11-12H2,1H3. The third kappa shape index (κ3) is 2.44. The molecular weight excluding hydrogens is 248 g/mol. The number of benzene rings is 1. The molecule has 1 amide bonds. The van der Waals surface area contributed by atoms with Crippen molar-refractivity contribution in [2.45, 2.75) is 12.8 Å². The van der Waals surface area contributed by atoms with E-state index in [9.17, 15) is 4.79 Å². The van der Waals surface area contributed by atoms with Gasteiger partial charge in [0.05, 0.1) is 0 Å². The minimum absolute atomic E-state index is 0.109. The fourth-order valence-electron chi connectivity index (χ4n) is 2.94. The molecule has 102 valence electrons. The van der Waals surface area contributed by atoms with Gasteiger partial charge in [-0.15, -0.1) is 0 Å². The van der Waals surface area contributed by atoms with E-state index in [0.717, 1.165) is 18.7 Å². The van der Waals surface area contributed by atoms with Gasteiger partial charge in [-0.1, -0.05) is 37.3 Å². The van der Waals surface area contributed by atoms with Crippen LogP contribution in [0.2, 0.25) is 0 Å². The largest absolute Gasteiger partial charge is 0.338 e. The maximum atomic E-state index is 12.5. The van der Waals surface area contributed by atoms with Gasteiger partial charge in [0, 0.05) is 37.0 Å². The average Bonchev–Trinajstić information content (AvgIpc) is 2.90. The van der Waals surface area contributed by atoms with Crippen LogP contribution in [0.1, 0.15) is 28.8 Å². The molecule has 0 spiro atoms. The summed E-state index contributed by atoms with van der Waals surface area (Å²) < 4.78 is 0. The van der Waals surface area contributed by atoms with E-state index >= 15 is 0 Å². The Labute approximate surface area is 119 Å². The number of rotatable bonds is 2. The topological polar surface area (TPSA) is 33.2 Å². The van der Waals surface area contributed by atoms with Gasteiger partial charge >= 0.3 is 0 Å². The lowest BCUT2D eigenvalue weighted by atomic mass is 9.90. The summed E-state index contributed by atoms with van der Waals surface area (Å²) in [6.45, 7) is 3.84. The van der Waals surface area contributed by atoms with Crippen molar-refractivity contribution < 1.29 is 4.79 Å². The molecule has 2 aromatic rings. The lowest BCUT2D eigenvalue weighted by Crippen LogP contribution is -2.28. The molecule has 0 saturated carbocycles. The molecule has 0 aliphatic carbocycles. The monoisotopic (exact) mass is 266 g/mol. The number of aromatic nitrogens is 1. The van der Waals surface area contributed by atoms with E-state index in [1.165, 1.54) is 5.56 Å². The van der Waals surface area contributed by atoms with Gasteiger partial charge in [-0.05, 0) is 23.6 Å². The van der Waals surface area contributed by atoms with Gasteiger partial charge in [0.25, 0.3) is 5.91 Å². The zero-order valence-corrected chi connectivity index (χ0v) is 11.6. The van der Waals surface area contributed by atoms with Crippen LogP contribution in [0.5, 0.6) is 0 Å². The van der Waals surface area contributed by atoms with Crippen LogP contribution in [-0.4, -0.2) is 28.9 Å². The number of hydrogen-bond acceptors (Lipinski definition) is 2. The second-order valence-electron chi connectivity index (χ2n) is 5.44. The van der Waals surface area contributed by atoms with Crippen molar-refractivity contribution in [1.82, 2.24) is 9.88 Å². The Morgan fingerprint density at radius 3 is 2.50 bits per heavy atom. The van der Waals surface area contributed by atoms with E-state index in [1.807, 2.05) is 11.0 Å². The third-order valence-corrected chi connectivity index (χ3v) is 4.05. The van der Waals surface area contributed by atoms with Gasteiger partial charge in [-0.25, -0.2) is 0 Å². The molecule has 2 heterocycles. The summed E-state index contributed by atoms with van der Waals surface area (Å²) in [5.74, 6) is 1.03. The predicted octanol–water partition coefficient (Wildman–Crippen LogP) is 2.96. The number of amides is 1. The third-order valence-electron chi connectivity index (χ3n) is 4.05. The highest BCUT2D eigenvalue weighted by molar-refractivity contribution is 5.94. The maximum absolute atomic E-state index is 12.5. The highest BCUT2D eigenvalue weighted by Crippen LogP contribution is 2.32. The van der Waals surface area contributed by atoms with Gasteiger partial charge < -0.3 is 4.90 Å². The quantitative estimate of drug-likeness (QED) is 0.837. The van der Waals surface area contributed by atoms with Crippen LogP contribution in [0.4, 0.5) is 0 Å². The number of pyridine rings is 1. The van der Waals surface area contributed by atoms with E-state index in [0.29, 0.717) is 11.8 Å². The van der Waals surface area contributed by atoms with E-state index in [1.54, 1.807) is 24.5 Å². The first-order valence-corrected chi connectivity index (χ1v) is 7.00. The summed E-state index contributed by atoms with van der Waals surface area (Å²) in [6, 6.07) is 14.0. The van der Waals surface area contributed by atoms with E-state index in [4.69, 9.17) is 0 Å². The molecule has 3 nitrogen and oxygen atoms in total. The minimum Gasteiger partial charge on any atom is -0.338 e. The Bertz CT molecular complexity index is 582. The molecule has 1 aliphatic heterocycles. The molecule has 3 rings (SSSR count). The van der Waals surface area contributed by atoms with E-state index < -0.39 is 0 Å². The Morgan fingerprint density at radius 1 is 1.10 bits per heavy atom. The van der Waals surface area contributed by atoms with Crippen molar-refractivity contribution in [1.29, 1.82) is 0 Å². The molecule has 0 bridgehead atoms. The molecule has 2 unspecified atom stereocenters. The Kier molecular flexibility index (Phi) is 3.50. The first kappa shape index (κ1) is 12.9. The molecule has 20 heavy (non-hydrogen) atoms. The first-order valence-electron chi connectivity index (χ1n) is 7.00. The van der Waals surface area contributed by atoms with E-state index in [-0.39, 0.29) is 5.91 Å². The number of likely N-dealkylation sites (tertiary alicyclic amines) is 1. The van der Waals surface area contributed by atoms with Crippen molar-refractivity contribution in [3.8, 4) is 0 Å². The second kappa shape index (κ2) is 5.45. The summed E-state index contributed by atoms with van der Waals surface area (Å²) in [7, 11) is 0. The highest BCUT2D eigenvalue weighted by atomic mass is 16.2. The summed E-state index contributed by atoms with van der Waals surface area (Å²) in [6.07, 6.45) is 3.34. The second-order valence-corrected chi connectivity index (χ2v) is 5.44. The van der Waals surface area contributed by atoms with Gasteiger partial charge in [-0.2, -0.15) is 0 Å². The fraction of sp³-hybridized carbons (Fsp3) is 0.294. The molecule has 1 aromatic heterocycles. The number of carbonyl (C=O) groups excluding carboxylic acids is 1. The molecule has 0 radical (unpaired) electrons. The van der Waals surface area contributed by atoms with Crippen LogP contribution in [0.25, 0.3) is 0 Å². The van der Waals surface area contributed by atoms with Gasteiger partial charge in [0.1, 0.15) is 0 Å². The van der Waals surface area contributed by atoms with Crippen LogP contribution in [0, 0.1) is 5.92 Å². The molecule has 1 fully saturated rings. The summed E-state index contributed by atoms with van der Waals surface area (Å²) in [4.78, 5) is 18.4. The van der Waals surface area contributed by atoms with Crippen LogP contribution in [0.15, 0.2) is 54.9 Å². The molecular formula is C17H18N2O. The summed E-state index contributed by atoms with van der Waals surface area (Å²) in [5.41, 5.74) is 2.05.